The van der Waals surface area contributed by atoms with Gasteiger partial charge in [-0.15, -0.1) is 0 Å². The third-order valence-electron chi connectivity index (χ3n) is 6.15. The molecule has 0 spiro atoms. The summed E-state index contributed by atoms with van der Waals surface area (Å²) < 4.78 is 1.98. The van der Waals surface area contributed by atoms with Gasteiger partial charge in [0, 0.05) is 57.1 Å². The van der Waals surface area contributed by atoms with E-state index >= 15 is 0 Å². The maximum Gasteiger partial charge on any atom is 0.223 e. The summed E-state index contributed by atoms with van der Waals surface area (Å²) in [5, 5.41) is 0. The van der Waals surface area contributed by atoms with E-state index in [1.165, 1.54) is 19.3 Å². The maximum atomic E-state index is 12.8. The van der Waals surface area contributed by atoms with Crippen molar-refractivity contribution in [2.75, 3.05) is 32.7 Å². The molecule has 2 aliphatic rings. The van der Waals surface area contributed by atoms with Crippen molar-refractivity contribution in [2.45, 2.75) is 51.4 Å². The van der Waals surface area contributed by atoms with E-state index < -0.39 is 0 Å². The van der Waals surface area contributed by atoms with Crippen LogP contribution in [-0.2, 0) is 11.8 Å². The molecule has 0 aromatic carbocycles. The van der Waals surface area contributed by atoms with Gasteiger partial charge in [0.2, 0.25) is 5.91 Å². The van der Waals surface area contributed by atoms with Crippen LogP contribution in [0.25, 0.3) is 11.5 Å². The van der Waals surface area contributed by atoms with Crippen LogP contribution in [0.1, 0.15) is 56.0 Å². The first kappa shape index (κ1) is 20.0. The van der Waals surface area contributed by atoms with Crippen molar-refractivity contribution >= 4 is 5.91 Å². The summed E-state index contributed by atoms with van der Waals surface area (Å²) in [6.07, 6.45) is 10.2. The molecule has 0 radical (unpaired) electrons. The molecule has 29 heavy (non-hydrogen) atoms. The molecule has 7 nitrogen and oxygen atoms in total. The fourth-order valence-corrected chi connectivity index (χ4v) is 4.51. The molecule has 0 aliphatic carbocycles. The largest absolute Gasteiger partial charge is 0.342 e. The van der Waals surface area contributed by atoms with Gasteiger partial charge in [0.05, 0.1) is 0 Å². The highest BCUT2D eigenvalue weighted by molar-refractivity contribution is 5.76. The van der Waals surface area contributed by atoms with Crippen LogP contribution < -0.4 is 0 Å². The second-order valence-electron chi connectivity index (χ2n) is 8.45. The van der Waals surface area contributed by atoms with Gasteiger partial charge in [-0.25, -0.2) is 15.0 Å². The van der Waals surface area contributed by atoms with Crippen LogP contribution in [-0.4, -0.2) is 67.9 Å². The van der Waals surface area contributed by atoms with Gasteiger partial charge < -0.3 is 14.4 Å². The highest BCUT2D eigenvalue weighted by Gasteiger charge is 2.27. The van der Waals surface area contributed by atoms with Crippen LogP contribution in [0.5, 0.6) is 0 Å². The van der Waals surface area contributed by atoms with E-state index in [-0.39, 0.29) is 11.8 Å². The van der Waals surface area contributed by atoms with Crippen molar-refractivity contribution in [1.29, 1.82) is 0 Å². The minimum absolute atomic E-state index is 0.196. The molecule has 0 saturated carbocycles. The van der Waals surface area contributed by atoms with Crippen molar-refractivity contribution in [1.82, 2.24) is 29.3 Å². The van der Waals surface area contributed by atoms with Gasteiger partial charge in [-0.1, -0.05) is 6.42 Å². The summed E-state index contributed by atoms with van der Waals surface area (Å²) in [6.45, 7) is 6.76. The number of carbonyl (C=O) groups excluding carboxylic acids is 1. The van der Waals surface area contributed by atoms with Gasteiger partial charge in [0.25, 0.3) is 0 Å². The highest BCUT2D eigenvalue weighted by Crippen LogP contribution is 2.27. The van der Waals surface area contributed by atoms with Crippen LogP contribution >= 0.6 is 0 Å². The van der Waals surface area contributed by atoms with Crippen molar-refractivity contribution in [3.05, 3.63) is 30.0 Å². The third-order valence-corrected chi connectivity index (χ3v) is 6.15. The van der Waals surface area contributed by atoms with Gasteiger partial charge >= 0.3 is 0 Å². The third kappa shape index (κ3) is 4.83. The molecule has 0 unspecified atom stereocenters. The Morgan fingerprint density at radius 3 is 2.72 bits per heavy atom. The molecule has 0 bridgehead atoms. The summed E-state index contributed by atoms with van der Waals surface area (Å²) in [4.78, 5) is 31.3. The van der Waals surface area contributed by atoms with Gasteiger partial charge in [-0.2, -0.15) is 0 Å². The lowest BCUT2D eigenvalue weighted by atomic mass is 9.96. The summed E-state index contributed by atoms with van der Waals surface area (Å²) in [6, 6.07) is 1.98. The summed E-state index contributed by atoms with van der Waals surface area (Å²) in [5.41, 5.74) is 1.80. The zero-order valence-corrected chi connectivity index (χ0v) is 17.7. The predicted octanol–water partition coefficient (Wildman–Crippen LogP) is 2.77. The summed E-state index contributed by atoms with van der Waals surface area (Å²) in [7, 11) is 1.97. The lowest BCUT2D eigenvalue weighted by molar-refractivity contribution is -0.132. The molecular formula is C22H32N6O. The molecule has 2 aliphatic heterocycles. The van der Waals surface area contributed by atoms with E-state index in [1.807, 2.05) is 35.7 Å². The Balaban J connectivity index is 1.42. The average molecular weight is 397 g/mol. The van der Waals surface area contributed by atoms with E-state index in [1.54, 1.807) is 6.20 Å². The van der Waals surface area contributed by atoms with Crippen LogP contribution in [0.15, 0.2) is 18.5 Å². The molecule has 156 valence electrons. The molecule has 0 N–H and O–H groups in total. The number of rotatable bonds is 5. The number of hydrogen-bond donors (Lipinski definition) is 0. The molecule has 4 heterocycles. The van der Waals surface area contributed by atoms with E-state index in [0.29, 0.717) is 6.42 Å². The standard InChI is InChI=1S/C22H32N6O/c1-17-15-19(22-23-9-14-26(22)2)25-21(24-17)18-7-6-12-28(16-18)20(29)8-13-27-10-4-3-5-11-27/h9,14-15,18H,3-8,10-13,16H2,1-2H3/t18-/m1/s1. The van der Waals surface area contributed by atoms with Crippen LogP contribution in [0.4, 0.5) is 0 Å². The Morgan fingerprint density at radius 2 is 1.97 bits per heavy atom. The smallest absolute Gasteiger partial charge is 0.223 e. The Kier molecular flexibility index (Phi) is 6.23. The summed E-state index contributed by atoms with van der Waals surface area (Å²) >= 11 is 0. The Labute approximate surface area is 173 Å². The van der Waals surface area contributed by atoms with Crippen molar-refractivity contribution in [3.63, 3.8) is 0 Å². The molecular weight excluding hydrogens is 364 g/mol. The highest BCUT2D eigenvalue weighted by atomic mass is 16.2. The van der Waals surface area contributed by atoms with Crippen LogP contribution in [0, 0.1) is 6.92 Å². The average Bonchev–Trinajstić information content (AvgIpc) is 3.18. The number of hydrogen-bond acceptors (Lipinski definition) is 5. The number of amides is 1. The zero-order valence-electron chi connectivity index (χ0n) is 17.7. The predicted molar refractivity (Wildman–Crippen MR) is 112 cm³/mol. The second-order valence-corrected chi connectivity index (χ2v) is 8.45. The molecule has 1 atom stereocenters. The second kappa shape index (κ2) is 9.03. The first-order valence-corrected chi connectivity index (χ1v) is 10.9. The summed E-state index contributed by atoms with van der Waals surface area (Å²) in [5.74, 6) is 2.16. The number of likely N-dealkylation sites (tertiary alicyclic amines) is 2. The Hall–Kier alpha value is -2.28. The molecule has 7 heteroatoms. The minimum Gasteiger partial charge on any atom is -0.342 e. The van der Waals surface area contributed by atoms with Crippen LogP contribution in [0.3, 0.4) is 0 Å². The minimum atomic E-state index is 0.196. The fraction of sp³-hybridized carbons (Fsp3) is 0.636. The molecule has 4 rings (SSSR count). The Morgan fingerprint density at radius 1 is 1.14 bits per heavy atom. The van der Waals surface area contributed by atoms with Gasteiger partial charge in [0.15, 0.2) is 5.82 Å². The number of carbonyl (C=O) groups is 1. The SMILES string of the molecule is Cc1cc(-c2nccn2C)nc([C@@H]2CCCN(C(=O)CCN3CCCCC3)C2)n1. The van der Waals surface area contributed by atoms with Crippen molar-refractivity contribution in [3.8, 4) is 11.5 Å². The topological polar surface area (TPSA) is 67.2 Å². The number of nitrogens with zero attached hydrogens (tertiary/aromatic N) is 6. The first-order valence-electron chi connectivity index (χ1n) is 10.9. The quantitative estimate of drug-likeness (QED) is 0.777. The van der Waals surface area contributed by atoms with E-state index in [4.69, 9.17) is 9.97 Å². The molecule has 1 amide bonds. The van der Waals surface area contributed by atoms with Gasteiger partial charge in [-0.3, -0.25) is 4.79 Å². The maximum absolute atomic E-state index is 12.8. The van der Waals surface area contributed by atoms with E-state index in [0.717, 1.165) is 68.6 Å². The van der Waals surface area contributed by atoms with Crippen molar-refractivity contribution in [2.24, 2.45) is 7.05 Å². The molecule has 2 aromatic rings. The number of imidazole rings is 1. The first-order chi connectivity index (χ1) is 14.1. The number of aryl methyl sites for hydroxylation is 2. The van der Waals surface area contributed by atoms with Gasteiger partial charge in [0.1, 0.15) is 11.5 Å². The Bertz CT molecular complexity index is 842. The lowest BCUT2D eigenvalue weighted by Crippen LogP contribution is -2.41. The molecule has 2 aromatic heterocycles. The lowest BCUT2D eigenvalue weighted by Gasteiger charge is -2.33. The molecule has 2 saturated heterocycles. The number of aromatic nitrogens is 4. The zero-order chi connectivity index (χ0) is 20.2. The normalized spacial score (nSPS) is 20.8. The van der Waals surface area contributed by atoms with Crippen molar-refractivity contribution < 1.29 is 4.79 Å². The van der Waals surface area contributed by atoms with E-state index in [2.05, 4.69) is 9.88 Å². The monoisotopic (exact) mass is 396 g/mol. The molecule has 2 fully saturated rings. The van der Waals surface area contributed by atoms with E-state index in [9.17, 15) is 4.79 Å². The number of piperidine rings is 2. The fourth-order valence-electron chi connectivity index (χ4n) is 4.51. The van der Waals surface area contributed by atoms with Gasteiger partial charge in [-0.05, 0) is 51.8 Å². The van der Waals surface area contributed by atoms with Crippen LogP contribution in [0.2, 0.25) is 0 Å².